The normalized spacial score (nSPS) is 16.1. The van der Waals surface area contributed by atoms with Crippen molar-refractivity contribution in [2.24, 2.45) is 0 Å². The number of allylic oxidation sites excluding steroid dienone is 2. The first kappa shape index (κ1) is 22.3. The number of alkyl halides is 3. The van der Waals surface area contributed by atoms with E-state index >= 15 is 0 Å². The average Bonchev–Trinajstić information content (AvgIpc) is 2.62. The van der Waals surface area contributed by atoms with Gasteiger partial charge in [-0.05, 0) is 18.6 Å². The molecule has 1 heterocycles. The second kappa shape index (κ2) is 8.98. The second-order valence-corrected chi connectivity index (χ2v) is 7.70. The van der Waals surface area contributed by atoms with Gasteiger partial charge in [0.1, 0.15) is 16.1 Å². The molecule has 7 nitrogen and oxygen atoms in total. The van der Waals surface area contributed by atoms with Gasteiger partial charge >= 0.3 is 6.18 Å². The Balaban J connectivity index is 2.45. The first-order valence-electron chi connectivity index (χ1n) is 8.05. The van der Waals surface area contributed by atoms with Gasteiger partial charge in [-0.1, -0.05) is 18.5 Å². The van der Waals surface area contributed by atoms with Gasteiger partial charge in [0, 0.05) is 25.8 Å². The van der Waals surface area contributed by atoms with Gasteiger partial charge in [-0.2, -0.15) is 13.2 Å². The second-order valence-electron chi connectivity index (χ2n) is 5.77. The first-order valence-corrected chi connectivity index (χ1v) is 9.75. The van der Waals surface area contributed by atoms with Crippen molar-refractivity contribution < 1.29 is 31.9 Å². The van der Waals surface area contributed by atoms with Crippen LogP contribution in [0.4, 0.5) is 18.9 Å². The van der Waals surface area contributed by atoms with E-state index in [0.29, 0.717) is 6.42 Å². The van der Waals surface area contributed by atoms with E-state index in [2.05, 4.69) is 0 Å². The summed E-state index contributed by atoms with van der Waals surface area (Å²) in [7, 11) is -1.76. The molecule has 0 aliphatic carbocycles. The Morgan fingerprint density at radius 3 is 2.61 bits per heavy atom. The van der Waals surface area contributed by atoms with Crippen molar-refractivity contribution in [2.75, 3.05) is 20.2 Å². The van der Waals surface area contributed by atoms with Crippen molar-refractivity contribution in [3.63, 3.8) is 0 Å². The maximum Gasteiger partial charge on any atom is 0.414 e. The molecule has 1 atom stereocenters. The molecule has 0 saturated heterocycles. The third-order valence-corrected chi connectivity index (χ3v) is 5.28. The fourth-order valence-electron chi connectivity index (χ4n) is 2.55. The monoisotopic (exact) mass is 440 g/mol. The van der Waals surface area contributed by atoms with Crippen LogP contribution in [0.2, 0.25) is 0 Å². The number of hydrogen-bond acceptors (Lipinski definition) is 6. The van der Waals surface area contributed by atoms with E-state index in [1.807, 2.05) is 0 Å². The molecule has 1 unspecified atom stereocenters. The summed E-state index contributed by atoms with van der Waals surface area (Å²) in [6.07, 6.45) is -3.21. The molecule has 0 spiro atoms. The zero-order valence-corrected chi connectivity index (χ0v) is 16.6. The van der Waals surface area contributed by atoms with Crippen LogP contribution in [0.1, 0.15) is 13.3 Å². The van der Waals surface area contributed by atoms with E-state index in [0.717, 1.165) is 25.3 Å². The van der Waals surface area contributed by atoms with Crippen LogP contribution < -0.4 is 10.0 Å². The molecule has 0 bridgehead atoms. The van der Waals surface area contributed by atoms with Gasteiger partial charge in [-0.3, -0.25) is 14.7 Å². The molecule has 1 aromatic rings. The summed E-state index contributed by atoms with van der Waals surface area (Å²) in [5.74, 6) is 0.0162. The Hall–Kier alpha value is -2.03. The highest BCUT2D eigenvalue weighted by Crippen LogP contribution is 2.35. The molecule has 1 aliphatic rings. The number of halogens is 4. The molecule has 12 heteroatoms. The molecule has 0 saturated carbocycles. The van der Waals surface area contributed by atoms with E-state index in [4.69, 9.17) is 20.9 Å². The Kier molecular flexibility index (Phi) is 7.14. The Labute approximate surface area is 164 Å². The molecule has 0 aromatic heterocycles. The number of rotatable bonds is 7. The molecule has 2 rings (SSSR count). The average molecular weight is 441 g/mol. The summed E-state index contributed by atoms with van der Waals surface area (Å²) in [4.78, 5) is 11.7. The van der Waals surface area contributed by atoms with Gasteiger partial charge < -0.3 is 14.2 Å². The molecular formula is C16H17ClF3N2O5P. The summed E-state index contributed by atoms with van der Waals surface area (Å²) >= 11 is 6.02. The van der Waals surface area contributed by atoms with Crippen molar-refractivity contribution >= 4 is 30.6 Å². The molecule has 28 heavy (non-hydrogen) atoms. The van der Waals surface area contributed by atoms with Crippen molar-refractivity contribution in [1.29, 1.82) is 0 Å². The summed E-state index contributed by atoms with van der Waals surface area (Å²) in [5, 5.41) is 10.7. The number of hydrogen-bond donors (Lipinski definition) is 0. The van der Waals surface area contributed by atoms with Crippen molar-refractivity contribution in [3.05, 3.63) is 50.9 Å². The summed E-state index contributed by atoms with van der Waals surface area (Å²) in [6.45, 7) is 1.58. The van der Waals surface area contributed by atoms with Gasteiger partial charge in [0.15, 0.2) is 0 Å². The van der Waals surface area contributed by atoms with Crippen molar-refractivity contribution in [1.82, 2.24) is 4.90 Å². The van der Waals surface area contributed by atoms with Gasteiger partial charge in [0.05, 0.1) is 17.0 Å². The van der Waals surface area contributed by atoms with Crippen LogP contribution in [0.15, 0.2) is 40.8 Å². The molecule has 0 radical (unpaired) electrons. The number of nitro groups is 1. The van der Waals surface area contributed by atoms with E-state index < -0.39 is 36.9 Å². The molecule has 154 valence electrons. The van der Waals surface area contributed by atoms with Crippen LogP contribution in [0.5, 0.6) is 5.75 Å². The predicted molar refractivity (Wildman–Crippen MR) is 98.2 cm³/mol. The zero-order chi connectivity index (χ0) is 21.1. The molecule has 0 fully saturated rings. The van der Waals surface area contributed by atoms with Crippen LogP contribution in [-0.4, -0.2) is 36.2 Å². The molecule has 1 aliphatic heterocycles. The lowest BCUT2D eigenvalue weighted by Gasteiger charge is -2.32. The van der Waals surface area contributed by atoms with E-state index in [1.165, 1.54) is 11.0 Å². The Morgan fingerprint density at radius 1 is 1.39 bits per heavy atom. The summed E-state index contributed by atoms with van der Waals surface area (Å²) in [5.41, 5.74) is -1.22. The minimum Gasteiger partial charge on any atom is -0.440 e. The van der Waals surface area contributed by atoms with E-state index in [-0.39, 0.29) is 28.5 Å². The first-order chi connectivity index (χ1) is 13.1. The maximum absolute atomic E-state index is 13.1. The highest BCUT2D eigenvalue weighted by Gasteiger charge is 2.38. The minimum atomic E-state index is -4.53. The van der Waals surface area contributed by atoms with Gasteiger partial charge in [-0.25, -0.2) is 0 Å². The molecule has 1 aromatic carbocycles. The van der Waals surface area contributed by atoms with Crippen LogP contribution in [0.25, 0.3) is 0 Å². The van der Waals surface area contributed by atoms with Crippen LogP contribution in [-0.2, 0) is 9.09 Å². The quantitative estimate of drug-likeness (QED) is 0.356. The molecular weight excluding hydrogens is 424 g/mol. The fraction of sp³-hybridized carbons (Fsp3) is 0.375. The predicted octanol–water partition coefficient (Wildman–Crippen LogP) is 4.34. The Bertz CT molecular complexity index is 857. The topological polar surface area (TPSA) is 81.9 Å². The number of ether oxygens (including phenoxy) is 1. The molecule has 0 N–H and O–H groups in total. The fourth-order valence-corrected chi connectivity index (χ4v) is 3.70. The largest absolute Gasteiger partial charge is 0.440 e. The number of nitro benzene ring substituents is 1. The minimum absolute atomic E-state index is 0.0200. The standard InChI is InChI=1S/C16H17ClF3N2O5P/c1-3-6-21-9-10(16(18,19)20)7-12(17)15(21)27-11-4-5-13(22(23)24)14(8-11)28(25)26-2/h4-5,7-8,28H,3,6,9H2,1-2H3. The van der Waals surface area contributed by atoms with E-state index in [9.17, 15) is 27.9 Å². The SMILES string of the molecule is CCCN1CC(C(F)(F)F)=CC(Cl)=C1Oc1ccc([N+](=O)[O-])c([PH](=O)OC)c1. The Morgan fingerprint density at radius 2 is 2.07 bits per heavy atom. The third-order valence-electron chi connectivity index (χ3n) is 3.80. The van der Waals surface area contributed by atoms with E-state index in [1.54, 1.807) is 6.92 Å². The highest BCUT2D eigenvalue weighted by molar-refractivity contribution is 7.48. The van der Waals surface area contributed by atoms with Crippen LogP contribution in [0, 0.1) is 10.1 Å². The lowest BCUT2D eigenvalue weighted by atomic mass is 10.1. The lowest BCUT2D eigenvalue weighted by molar-refractivity contribution is -0.383. The van der Waals surface area contributed by atoms with Crippen LogP contribution in [0.3, 0.4) is 0 Å². The summed E-state index contributed by atoms with van der Waals surface area (Å²) < 4.78 is 61.5. The maximum atomic E-state index is 13.1. The zero-order valence-electron chi connectivity index (χ0n) is 14.9. The van der Waals surface area contributed by atoms with Gasteiger partial charge in [0.25, 0.3) is 5.69 Å². The van der Waals surface area contributed by atoms with Gasteiger partial charge in [-0.15, -0.1) is 0 Å². The lowest BCUT2D eigenvalue weighted by Crippen LogP contribution is -2.35. The third kappa shape index (κ3) is 5.06. The smallest absolute Gasteiger partial charge is 0.414 e. The number of benzene rings is 1. The summed E-state index contributed by atoms with van der Waals surface area (Å²) in [6, 6.07) is 3.49. The van der Waals surface area contributed by atoms with Crippen LogP contribution >= 0.6 is 19.6 Å². The van der Waals surface area contributed by atoms with Crippen molar-refractivity contribution in [3.8, 4) is 5.75 Å². The highest BCUT2D eigenvalue weighted by atomic mass is 35.5. The molecule has 0 amide bonds. The van der Waals surface area contributed by atoms with Crippen molar-refractivity contribution in [2.45, 2.75) is 19.5 Å². The van der Waals surface area contributed by atoms with Gasteiger partial charge in [0.2, 0.25) is 13.9 Å². The number of nitrogens with zero attached hydrogens (tertiary/aromatic N) is 2.